The number of fused-ring (bicyclic) bond motifs is 2. The van der Waals surface area contributed by atoms with E-state index in [2.05, 4.69) is 46.6 Å². The molecule has 11 heteroatoms. The van der Waals surface area contributed by atoms with E-state index in [0.29, 0.717) is 24.4 Å². The number of likely N-dealkylation sites (tertiary alicyclic amines) is 1. The molecule has 11 nitrogen and oxygen atoms in total. The molecule has 3 aliphatic rings. The molecule has 2 fully saturated rings. The second-order valence-corrected chi connectivity index (χ2v) is 10.3. The predicted octanol–water partition coefficient (Wildman–Crippen LogP) is 1.67. The van der Waals surface area contributed by atoms with Gasteiger partial charge in [0, 0.05) is 42.1 Å². The average Bonchev–Trinajstić information content (AvgIpc) is 3.53. The predicted molar refractivity (Wildman–Crippen MR) is 133 cm³/mol. The number of likely N-dealkylation sites (N-methyl/N-ethyl adjacent to an activating group) is 1. The second-order valence-electron chi connectivity index (χ2n) is 10.3. The number of alkyl carbamates (subject to hydrolysis) is 1. The number of hydrogen-bond donors (Lipinski definition) is 6. The number of aliphatic hydroxyl groups is 2. The molecule has 202 valence electrons. The van der Waals surface area contributed by atoms with E-state index in [1.54, 1.807) is 0 Å². The third-order valence-electron chi connectivity index (χ3n) is 7.73. The lowest BCUT2D eigenvalue weighted by Gasteiger charge is -2.45. The molecular formula is C26H35N3O8. The summed E-state index contributed by atoms with van der Waals surface area (Å²) in [6.45, 7) is 1.73. The maximum absolute atomic E-state index is 12.1. The Balaban J connectivity index is 0.000000275. The Morgan fingerprint density at radius 1 is 1.14 bits per heavy atom. The SMILES string of the molecule is CN1C[C@H](CNC(=O)OC2CCCC2)CC2c3cccc4[nH]cc(c34)C[C@H]21.O=C(O)C(O)C(O)C(=O)O. The first-order valence-electron chi connectivity index (χ1n) is 12.7. The number of nitrogens with one attached hydrogen (secondary N) is 2. The second kappa shape index (κ2) is 11.5. The highest BCUT2D eigenvalue weighted by atomic mass is 16.6. The minimum atomic E-state index is -2.27. The molecule has 37 heavy (non-hydrogen) atoms. The lowest BCUT2D eigenvalue weighted by atomic mass is 9.72. The van der Waals surface area contributed by atoms with Gasteiger partial charge in [-0.3, -0.25) is 0 Å². The highest BCUT2D eigenvalue weighted by Crippen LogP contribution is 2.44. The van der Waals surface area contributed by atoms with E-state index in [1.807, 2.05) is 0 Å². The molecule has 1 saturated heterocycles. The van der Waals surface area contributed by atoms with Crippen molar-refractivity contribution in [3.8, 4) is 0 Å². The van der Waals surface area contributed by atoms with Crippen LogP contribution in [0.3, 0.4) is 0 Å². The van der Waals surface area contributed by atoms with Crippen molar-refractivity contribution in [3.05, 3.63) is 35.5 Å². The molecule has 1 saturated carbocycles. The van der Waals surface area contributed by atoms with Crippen LogP contribution in [0, 0.1) is 5.92 Å². The molecule has 6 N–H and O–H groups in total. The maximum Gasteiger partial charge on any atom is 0.407 e. The van der Waals surface area contributed by atoms with Gasteiger partial charge in [0.25, 0.3) is 0 Å². The van der Waals surface area contributed by atoms with Crippen LogP contribution in [0.25, 0.3) is 10.9 Å². The number of piperidine rings is 1. The van der Waals surface area contributed by atoms with Gasteiger partial charge in [-0.1, -0.05) is 12.1 Å². The van der Waals surface area contributed by atoms with Crippen LogP contribution in [0.5, 0.6) is 0 Å². The molecule has 1 aromatic carbocycles. The number of aromatic amines is 1. The van der Waals surface area contributed by atoms with E-state index < -0.39 is 24.1 Å². The molecule has 0 bridgehead atoms. The van der Waals surface area contributed by atoms with E-state index in [0.717, 1.165) is 32.2 Å². The number of carboxylic acids is 2. The minimum absolute atomic E-state index is 0.131. The van der Waals surface area contributed by atoms with E-state index in [1.165, 1.54) is 34.9 Å². The lowest BCUT2D eigenvalue weighted by Crippen LogP contribution is -2.50. The number of aromatic nitrogens is 1. The van der Waals surface area contributed by atoms with Crippen LogP contribution in [0.4, 0.5) is 4.79 Å². The van der Waals surface area contributed by atoms with E-state index in [4.69, 9.17) is 25.2 Å². The van der Waals surface area contributed by atoms with Crippen LogP contribution >= 0.6 is 0 Å². The molecule has 1 amide bonds. The van der Waals surface area contributed by atoms with Gasteiger partial charge in [0.15, 0.2) is 12.2 Å². The van der Waals surface area contributed by atoms with Gasteiger partial charge in [0.05, 0.1) is 0 Å². The van der Waals surface area contributed by atoms with Gasteiger partial charge < -0.3 is 40.4 Å². The molecule has 0 spiro atoms. The number of nitrogens with zero attached hydrogens (tertiary/aromatic N) is 1. The highest BCUT2D eigenvalue weighted by molar-refractivity contribution is 5.88. The van der Waals surface area contributed by atoms with Crippen LogP contribution in [-0.2, 0) is 20.7 Å². The third kappa shape index (κ3) is 6.06. The molecule has 2 aliphatic carbocycles. The minimum Gasteiger partial charge on any atom is -0.479 e. The first-order valence-corrected chi connectivity index (χ1v) is 12.7. The van der Waals surface area contributed by atoms with Gasteiger partial charge in [-0.25, -0.2) is 14.4 Å². The lowest BCUT2D eigenvalue weighted by molar-refractivity contribution is -0.165. The monoisotopic (exact) mass is 517 g/mol. The van der Waals surface area contributed by atoms with Crippen LogP contribution in [0.15, 0.2) is 24.4 Å². The number of H-pyrrole nitrogens is 1. The topological polar surface area (TPSA) is 172 Å². The summed E-state index contributed by atoms with van der Waals surface area (Å²) in [5.41, 5.74) is 4.18. The smallest absolute Gasteiger partial charge is 0.407 e. The number of benzene rings is 1. The first-order chi connectivity index (χ1) is 17.7. The van der Waals surface area contributed by atoms with Gasteiger partial charge >= 0.3 is 18.0 Å². The zero-order valence-electron chi connectivity index (χ0n) is 20.8. The summed E-state index contributed by atoms with van der Waals surface area (Å²) >= 11 is 0. The number of aliphatic carboxylic acids is 2. The van der Waals surface area contributed by atoms with Crippen LogP contribution in [0.1, 0.15) is 49.1 Å². The van der Waals surface area contributed by atoms with Crippen LogP contribution in [0.2, 0.25) is 0 Å². The standard InChI is InChI=1S/C22H29N3O2.C4H6O6/c1-25-13-14(11-24-22(26)27-16-5-2-3-6-16)9-18-17-7-4-8-19-21(17)15(12-23-19)10-20(18)25;5-1(3(7)8)2(6)4(9)10/h4,7-8,12,14,16,18,20,23H,2-3,5-6,9-11,13H2,1H3,(H,24,26);1-2,5-6H,(H,7,8)(H,9,10)/t14-,18?,20+;/m0./s1. The van der Waals surface area contributed by atoms with Gasteiger partial charge in [-0.05, 0) is 68.7 Å². The summed E-state index contributed by atoms with van der Waals surface area (Å²) in [6, 6.07) is 7.20. The Kier molecular flexibility index (Phi) is 8.35. The Morgan fingerprint density at radius 3 is 2.46 bits per heavy atom. The summed E-state index contributed by atoms with van der Waals surface area (Å²) in [6.07, 6.45) is 4.20. The van der Waals surface area contributed by atoms with Crippen molar-refractivity contribution < 1.29 is 39.5 Å². The maximum atomic E-state index is 12.1. The number of hydrogen-bond acceptors (Lipinski definition) is 7. The largest absolute Gasteiger partial charge is 0.479 e. The fraction of sp³-hybridized carbons (Fsp3) is 0.577. The van der Waals surface area contributed by atoms with Crippen molar-refractivity contribution in [1.29, 1.82) is 0 Å². The van der Waals surface area contributed by atoms with Crippen molar-refractivity contribution in [2.75, 3.05) is 20.1 Å². The number of rotatable bonds is 6. The fourth-order valence-corrected chi connectivity index (χ4v) is 5.90. The van der Waals surface area contributed by atoms with Gasteiger partial charge in [-0.15, -0.1) is 0 Å². The van der Waals surface area contributed by atoms with Crippen molar-refractivity contribution in [2.45, 2.75) is 68.8 Å². The molecule has 2 aromatic rings. The molecule has 5 atom stereocenters. The van der Waals surface area contributed by atoms with Crippen LogP contribution < -0.4 is 5.32 Å². The number of carbonyl (C=O) groups excluding carboxylic acids is 1. The number of ether oxygens (including phenoxy) is 1. The summed E-state index contributed by atoms with van der Waals surface area (Å²) < 4.78 is 5.55. The Morgan fingerprint density at radius 2 is 1.81 bits per heavy atom. The molecule has 1 aromatic heterocycles. The highest BCUT2D eigenvalue weighted by Gasteiger charge is 2.39. The summed E-state index contributed by atoms with van der Waals surface area (Å²) in [7, 11) is 2.23. The van der Waals surface area contributed by atoms with E-state index >= 15 is 0 Å². The summed E-state index contributed by atoms with van der Waals surface area (Å²) in [5, 5.41) is 37.0. The Hall–Kier alpha value is -3.15. The van der Waals surface area contributed by atoms with Gasteiger partial charge in [-0.2, -0.15) is 0 Å². The number of carboxylic acid groups (broad SMARTS) is 2. The van der Waals surface area contributed by atoms with Gasteiger partial charge in [0.2, 0.25) is 0 Å². The molecule has 5 rings (SSSR count). The average molecular weight is 518 g/mol. The van der Waals surface area contributed by atoms with Crippen LogP contribution in [-0.4, -0.2) is 92.8 Å². The van der Waals surface area contributed by atoms with Crippen molar-refractivity contribution in [1.82, 2.24) is 15.2 Å². The Labute approximate surface area is 214 Å². The summed E-state index contributed by atoms with van der Waals surface area (Å²) in [4.78, 5) is 37.6. The van der Waals surface area contributed by atoms with E-state index in [-0.39, 0.29) is 12.2 Å². The fourth-order valence-electron chi connectivity index (χ4n) is 5.90. The normalized spacial score (nSPS) is 24.9. The number of carbonyl (C=O) groups is 3. The first kappa shape index (κ1) is 26.9. The van der Waals surface area contributed by atoms with Crippen molar-refractivity contribution in [2.24, 2.45) is 5.92 Å². The molecule has 0 radical (unpaired) electrons. The number of aliphatic hydroxyl groups excluding tert-OH is 2. The van der Waals surface area contributed by atoms with Crippen molar-refractivity contribution >= 4 is 28.9 Å². The van der Waals surface area contributed by atoms with E-state index in [9.17, 15) is 14.4 Å². The summed E-state index contributed by atoms with van der Waals surface area (Å²) in [5.74, 6) is -2.54. The molecule has 1 aliphatic heterocycles. The number of amides is 1. The quantitative estimate of drug-likeness (QED) is 0.333. The third-order valence-corrected chi connectivity index (χ3v) is 7.73. The van der Waals surface area contributed by atoms with Gasteiger partial charge in [0.1, 0.15) is 6.10 Å². The zero-order valence-corrected chi connectivity index (χ0v) is 20.8. The zero-order chi connectivity index (χ0) is 26.7. The Bertz CT molecular complexity index is 1110. The molecular weight excluding hydrogens is 482 g/mol. The molecule has 3 unspecified atom stereocenters. The van der Waals surface area contributed by atoms with Crippen molar-refractivity contribution in [3.63, 3.8) is 0 Å². The molecule has 2 heterocycles.